The van der Waals surface area contributed by atoms with E-state index in [9.17, 15) is 34.5 Å². The summed E-state index contributed by atoms with van der Waals surface area (Å²) in [5.41, 5.74) is 6.46. The van der Waals surface area contributed by atoms with Crippen LogP contribution in [-0.2, 0) is 25.6 Å². The van der Waals surface area contributed by atoms with E-state index in [0.29, 0.717) is 12.0 Å². The number of nitrogens with two attached hydrogens (primary N) is 1. The number of rotatable bonds is 13. The Bertz CT molecular complexity index is 871. The molecule has 0 radical (unpaired) electrons. The standard InChI is InChI=1S/C24H38N4O7/c1-12(2)10-17(25)21(31)28-20(14(5)29)23(33)26-18(11-15-6-8-16(30)9-7-15)22(32)27-19(13(3)4)24(34)35/h6-9,12-14,17-20,29-30H,10-11,25H2,1-5H3,(H,26,33)(H,27,32)(H,28,31)(H,34,35). The lowest BCUT2D eigenvalue weighted by Crippen LogP contribution is -2.60. The van der Waals surface area contributed by atoms with Gasteiger partial charge in [-0.2, -0.15) is 0 Å². The Balaban J connectivity index is 3.12. The number of benzene rings is 1. The van der Waals surface area contributed by atoms with Gasteiger partial charge in [-0.05, 0) is 42.9 Å². The number of aliphatic hydroxyl groups excluding tert-OH is 1. The summed E-state index contributed by atoms with van der Waals surface area (Å²) in [6.07, 6.45) is -0.960. The van der Waals surface area contributed by atoms with Gasteiger partial charge in [-0.3, -0.25) is 14.4 Å². The predicted molar refractivity (Wildman–Crippen MR) is 129 cm³/mol. The molecule has 0 heterocycles. The molecule has 5 unspecified atom stereocenters. The third-order valence-corrected chi connectivity index (χ3v) is 5.36. The first kappa shape index (κ1) is 29.9. The minimum absolute atomic E-state index is 0.0131. The molecule has 0 aliphatic carbocycles. The van der Waals surface area contributed by atoms with Crippen molar-refractivity contribution in [2.24, 2.45) is 17.6 Å². The van der Waals surface area contributed by atoms with Crippen molar-refractivity contribution in [2.45, 2.75) is 77.7 Å². The maximum Gasteiger partial charge on any atom is 0.326 e. The summed E-state index contributed by atoms with van der Waals surface area (Å²) < 4.78 is 0. The summed E-state index contributed by atoms with van der Waals surface area (Å²) in [6.45, 7) is 8.35. The molecule has 5 atom stereocenters. The normalized spacial score (nSPS) is 15.6. The van der Waals surface area contributed by atoms with E-state index in [4.69, 9.17) is 5.73 Å². The van der Waals surface area contributed by atoms with E-state index in [1.807, 2.05) is 13.8 Å². The number of aliphatic hydroxyl groups is 1. The summed E-state index contributed by atoms with van der Waals surface area (Å²) in [5, 5.41) is 36.4. The van der Waals surface area contributed by atoms with Crippen molar-refractivity contribution in [2.75, 3.05) is 0 Å². The summed E-state index contributed by atoms with van der Waals surface area (Å²) >= 11 is 0. The molecule has 0 fully saturated rings. The zero-order valence-corrected chi connectivity index (χ0v) is 20.8. The number of nitrogens with one attached hydrogen (secondary N) is 3. The van der Waals surface area contributed by atoms with Crippen LogP contribution in [0.3, 0.4) is 0 Å². The van der Waals surface area contributed by atoms with Gasteiger partial charge in [-0.1, -0.05) is 39.8 Å². The SMILES string of the molecule is CC(C)CC(N)C(=O)NC(C(=O)NC(Cc1ccc(O)cc1)C(=O)NC(C(=O)O)C(C)C)C(C)O. The van der Waals surface area contributed by atoms with Gasteiger partial charge in [-0.15, -0.1) is 0 Å². The smallest absolute Gasteiger partial charge is 0.326 e. The van der Waals surface area contributed by atoms with Crippen LogP contribution in [0.25, 0.3) is 0 Å². The molecule has 35 heavy (non-hydrogen) atoms. The van der Waals surface area contributed by atoms with Crippen molar-refractivity contribution >= 4 is 23.7 Å². The highest BCUT2D eigenvalue weighted by molar-refractivity contribution is 5.94. The third kappa shape index (κ3) is 9.91. The van der Waals surface area contributed by atoms with E-state index >= 15 is 0 Å². The van der Waals surface area contributed by atoms with E-state index < -0.39 is 59.9 Å². The van der Waals surface area contributed by atoms with Crippen molar-refractivity contribution in [3.8, 4) is 5.75 Å². The number of hydrogen-bond acceptors (Lipinski definition) is 7. The Hall–Kier alpha value is -3.18. The number of aromatic hydroxyl groups is 1. The minimum Gasteiger partial charge on any atom is -0.508 e. The van der Waals surface area contributed by atoms with Crippen LogP contribution < -0.4 is 21.7 Å². The van der Waals surface area contributed by atoms with Gasteiger partial charge in [-0.25, -0.2) is 4.79 Å². The van der Waals surface area contributed by atoms with Gasteiger partial charge in [0.15, 0.2) is 0 Å². The van der Waals surface area contributed by atoms with Gasteiger partial charge in [0.1, 0.15) is 23.9 Å². The fourth-order valence-electron chi connectivity index (χ4n) is 3.39. The van der Waals surface area contributed by atoms with Crippen LogP contribution in [0, 0.1) is 11.8 Å². The highest BCUT2D eigenvalue weighted by Gasteiger charge is 2.33. The number of carboxylic acids is 1. The van der Waals surface area contributed by atoms with Gasteiger partial charge in [0.25, 0.3) is 0 Å². The fraction of sp³-hybridized carbons (Fsp3) is 0.583. The van der Waals surface area contributed by atoms with Crippen molar-refractivity contribution in [3.63, 3.8) is 0 Å². The second-order valence-electron chi connectivity index (χ2n) is 9.46. The minimum atomic E-state index is -1.39. The monoisotopic (exact) mass is 494 g/mol. The summed E-state index contributed by atoms with van der Waals surface area (Å²) in [4.78, 5) is 50.0. The first-order chi connectivity index (χ1) is 16.2. The number of phenols is 1. The Labute approximate surface area is 205 Å². The largest absolute Gasteiger partial charge is 0.508 e. The number of carbonyl (C=O) groups excluding carboxylic acids is 3. The van der Waals surface area contributed by atoms with Crippen molar-refractivity contribution in [3.05, 3.63) is 29.8 Å². The highest BCUT2D eigenvalue weighted by Crippen LogP contribution is 2.13. The molecule has 196 valence electrons. The number of carbonyl (C=O) groups is 4. The van der Waals surface area contributed by atoms with Crippen LogP contribution in [0.4, 0.5) is 0 Å². The van der Waals surface area contributed by atoms with E-state index in [1.54, 1.807) is 26.0 Å². The van der Waals surface area contributed by atoms with Gasteiger partial charge < -0.3 is 37.0 Å². The second kappa shape index (κ2) is 13.6. The molecule has 1 aromatic rings. The molecule has 11 heteroatoms. The molecule has 0 saturated heterocycles. The van der Waals surface area contributed by atoms with E-state index in [1.165, 1.54) is 19.1 Å². The molecule has 0 aromatic heterocycles. The van der Waals surface area contributed by atoms with E-state index in [-0.39, 0.29) is 18.1 Å². The van der Waals surface area contributed by atoms with Gasteiger partial charge in [0.05, 0.1) is 12.1 Å². The number of carboxylic acid groups (broad SMARTS) is 1. The zero-order valence-electron chi connectivity index (χ0n) is 20.8. The van der Waals surface area contributed by atoms with Crippen LogP contribution in [0.15, 0.2) is 24.3 Å². The number of hydrogen-bond donors (Lipinski definition) is 7. The maximum absolute atomic E-state index is 13.0. The average Bonchev–Trinajstić information content (AvgIpc) is 2.75. The average molecular weight is 495 g/mol. The van der Waals surface area contributed by atoms with Crippen LogP contribution >= 0.6 is 0 Å². The lowest BCUT2D eigenvalue weighted by Gasteiger charge is -2.27. The summed E-state index contributed by atoms with van der Waals surface area (Å²) in [5.74, 6) is -3.70. The predicted octanol–water partition coefficient (Wildman–Crippen LogP) is -0.116. The van der Waals surface area contributed by atoms with Crippen LogP contribution in [0.5, 0.6) is 5.75 Å². The summed E-state index contributed by atoms with van der Waals surface area (Å²) in [7, 11) is 0. The summed E-state index contributed by atoms with van der Waals surface area (Å²) in [6, 6.07) is 1.23. The Morgan fingerprint density at radius 3 is 1.86 bits per heavy atom. The quantitative estimate of drug-likeness (QED) is 0.197. The Morgan fingerprint density at radius 1 is 0.857 bits per heavy atom. The molecule has 0 saturated carbocycles. The molecule has 0 aliphatic heterocycles. The van der Waals surface area contributed by atoms with E-state index in [2.05, 4.69) is 16.0 Å². The molecule has 0 bridgehead atoms. The van der Waals surface area contributed by atoms with Crippen molar-refractivity contribution in [1.29, 1.82) is 0 Å². The van der Waals surface area contributed by atoms with Gasteiger partial charge >= 0.3 is 5.97 Å². The van der Waals surface area contributed by atoms with Crippen LogP contribution in [-0.4, -0.2) is 69.3 Å². The number of aliphatic carboxylic acids is 1. The Morgan fingerprint density at radius 2 is 1.40 bits per heavy atom. The molecular weight excluding hydrogens is 456 g/mol. The molecule has 1 rings (SSSR count). The maximum atomic E-state index is 13.0. The topological polar surface area (TPSA) is 191 Å². The first-order valence-corrected chi connectivity index (χ1v) is 11.6. The zero-order chi connectivity index (χ0) is 26.9. The molecule has 0 aliphatic rings. The van der Waals surface area contributed by atoms with Crippen molar-refractivity contribution < 1.29 is 34.5 Å². The molecule has 3 amide bonds. The van der Waals surface area contributed by atoms with Crippen molar-refractivity contribution in [1.82, 2.24) is 16.0 Å². The molecule has 8 N–H and O–H groups in total. The molecule has 11 nitrogen and oxygen atoms in total. The van der Waals surface area contributed by atoms with Gasteiger partial charge in [0.2, 0.25) is 17.7 Å². The Kier molecular flexibility index (Phi) is 11.6. The van der Waals surface area contributed by atoms with E-state index in [0.717, 1.165) is 0 Å². The first-order valence-electron chi connectivity index (χ1n) is 11.6. The highest BCUT2D eigenvalue weighted by atomic mass is 16.4. The molecule has 0 spiro atoms. The van der Waals surface area contributed by atoms with Gasteiger partial charge in [0, 0.05) is 6.42 Å². The molecule has 1 aromatic carbocycles. The number of phenolic OH excluding ortho intramolecular Hbond substituents is 1. The third-order valence-electron chi connectivity index (χ3n) is 5.36. The lowest BCUT2D eigenvalue weighted by atomic mass is 10.0. The fourth-order valence-corrected chi connectivity index (χ4v) is 3.39. The molecular formula is C24H38N4O7. The van der Waals surface area contributed by atoms with Crippen LogP contribution in [0.1, 0.15) is 46.6 Å². The van der Waals surface area contributed by atoms with Crippen LogP contribution in [0.2, 0.25) is 0 Å². The lowest BCUT2D eigenvalue weighted by molar-refractivity contribution is -0.143. The second-order valence-corrected chi connectivity index (χ2v) is 9.46. The number of amides is 3.